The highest BCUT2D eigenvalue weighted by Crippen LogP contribution is 2.36. The van der Waals surface area contributed by atoms with Crippen molar-refractivity contribution in [2.24, 2.45) is 5.92 Å². The number of fused-ring (bicyclic) bond motifs is 3. The molecule has 0 N–H and O–H groups in total. The van der Waals surface area contributed by atoms with Crippen molar-refractivity contribution in [3.05, 3.63) is 34.5 Å². The quantitative estimate of drug-likeness (QED) is 0.746. The maximum atomic E-state index is 6.57. The van der Waals surface area contributed by atoms with Crippen LogP contribution in [0.4, 0.5) is 0 Å². The van der Waals surface area contributed by atoms with Gasteiger partial charge in [-0.05, 0) is 37.1 Å². The normalized spacial score (nSPS) is 20.1. The van der Waals surface area contributed by atoms with Gasteiger partial charge in [0.05, 0.1) is 10.5 Å². The molecule has 4 rings (SSSR count). The molecule has 1 aromatic carbocycles. The van der Waals surface area contributed by atoms with Gasteiger partial charge in [-0.15, -0.1) is 0 Å². The van der Waals surface area contributed by atoms with Crippen molar-refractivity contribution in [1.82, 2.24) is 9.47 Å². The van der Waals surface area contributed by atoms with Crippen LogP contribution in [-0.2, 0) is 19.5 Å². The van der Waals surface area contributed by atoms with Gasteiger partial charge in [-0.25, -0.2) is 0 Å². The molecule has 0 spiro atoms. The summed E-state index contributed by atoms with van der Waals surface area (Å²) in [4.78, 5) is 2.41. The van der Waals surface area contributed by atoms with Crippen LogP contribution in [0.1, 0.15) is 49.8 Å². The Kier molecular flexibility index (Phi) is 4.38. The van der Waals surface area contributed by atoms with Crippen LogP contribution in [-0.4, -0.2) is 23.1 Å². The second kappa shape index (κ2) is 6.49. The van der Waals surface area contributed by atoms with E-state index in [1.807, 2.05) is 6.07 Å². The number of aromatic nitrogens is 1. The Morgan fingerprint density at radius 2 is 2.00 bits per heavy atom. The Hall–Kier alpha value is -0.990. The summed E-state index contributed by atoms with van der Waals surface area (Å²) < 4.78 is 2.60. The van der Waals surface area contributed by atoms with Crippen molar-refractivity contribution >= 4 is 22.5 Å². The van der Waals surface area contributed by atoms with E-state index in [-0.39, 0.29) is 0 Å². The molecule has 0 amide bonds. The molecule has 1 aliphatic heterocycles. The predicted molar refractivity (Wildman–Crippen MR) is 98.2 cm³/mol. The third-order valence-corrected chi connectivity index (χ3v) is 6.22. The average molecular weight is 331 g/mol. The zero-order chi connectivity index (χ0) is 15.8. The van der Waals surface area contributed by atoms with Crippen LogP contribution >= 0.6 is 11.6 Å². The van der Waals surface area contributed by atoms with Crippen molar-refractivity contribution in [1.29, 1.82) is 0 Å². The van der Waals surface area contributed by atoms with Crippen molar-refractivity contribution < 1.29 is 0 Å². The first-order chi connectivity index (χ1) is 11.2. The molecule has 2 heterocycles. The molecule has 0 radical (unpaired) electrons. The molecular weight excluding hydrogens is 304 g/mol. The minimum atomic E-state index is 0.922. The molecule has 0 bridgehead atoms. The summed E-state index contributed by atoms with van der Waals surface area (Å²) in [6, 6.07) is 6.42. The van der Waals surface area contributed by atoms with Gasteiger partial charge in [0, 0.05) is 37.1 Å². The Morgan fingerprint density at radius 3 is 2.83 bits per heavy atom. The van der Waals surface area contributed by atoms with Crippen LogP contribution in [0, 0.1) is 5.92 Å². The van der Waals surface area contributed by atoms with Crippen LogP contribution in [0.25, 0.3) is 10.9 Å². The Balaban J connectivity index is 1.69. The fourth-order valence-corrected chi connectivity index (χ4v) is 4.92. The average Bonchev–Trinajstić information content (AvgIpc) is 2.88. The van der Waals surface area contributed by atoms with E-state index in [4.69, 9.17) is 11.6 Å². The molecule has 3 heteroatoms. The number of nitrogens with zero attached hydrogens (tertiary/aromatic N) is 2. The number of benzene rings is 1. The van der Waals surface area contributed by atoms with Crippen molar-refractivity contribution in [3.63, 3.8) is 0 Å². The van der Waals surface area contributed by atoms with Gasteiger partial charge in [-0.2, -0.15) is 0 Å². The smallest absolute Gasteiger partial charge is 0.0503 e. The number of halogens is 1. The first kappa shape index (κ1) is 15.5. The van der Waals surface area contributed by atoms with Gasteiger partial charge in [0.2, 0.25) is 0 Å². The molecule has 2 nitrogen and oxygen atoms in total. The molecule has 0 unspecified atom stereocenters. The maximum absolute atomic E-state index is 6.57. The lowest BCUT2D eigenvalue weighted by Crippen LogP contribution is -2.27. The fraction of sp³-hybridized carbons (Fsp3) is 0.600. The number of hydrogen-bond donors (Lipinski definition) is 0. The molecule has 2 aromatic rings. The minimum absolute atomic E-state index is 0.922. The highest BCUT2D eigenvalue weighted by atomic mass is 35.5. The summed E-state index contributed by atoms with van der Waals surface area (Å²) in [6.07, 6.45) is 9.67. The van der Waals surface area contributed by atoms with E-state index in [0.717, 1.165) is 30.5 Å². The van der Waals surface area contributed by atoms with Crippen molar-refractivity contribution in [3.8, 4) is 0 Å². The van der Waals surface area contributed by atoms with Gasteiger partial charge in [-0.3, -0.25) is 0 Å². The molecular formula is C20H27ClN2. The zero-order valence-electron chi connectivity index (χ0n) is 14.2. The lowest BCUT2D eigenvalue weighted by atomic mass is 9.87. The zero-order valence-corrected chi connectivity index (χ0v) is 14.9. The van der Waals surface area contributed by atoms with Gasteiger partial charge in [-0.1, -0.05) is 49.8 Å². The van der Waals surface area contributed by atoms with Gasteiger partial charge in [0.1, 0.15) is 0 Å². The molecule has 1 aliphatic carbocycles. The first-order valence-electron chi connectivity index (χ1n) is 9.21. The lowest BCUT2D eigenvalue weighted by molar-refractivity contribution is 0.302. The van der Waals surface area contributed by atoms with Gasteiger partial charge in [0.25, 0.3) is 0 Å². The van der Waals surface area contributed by atoms with E-state index in [1.54, 1.807) is 5.69 Å². The Morgan fingerprint density at radius 1 is 1.17 bits per heavy atom. The molecule has 1 saturated carbocycles. The van der Waals surface area contributed by atoms with Gasteiger partial charge in [0.15, 0.2) is 0 Å². The van der Waals surface area contributed by atoms with Crippen LogP contribution in [0.3, 0.4) is 0 Å². The third-order valence-electron chi connectivity index (χ3n) is 5.90. The maximum Gasteiger partial charge on any atom is 0.0503 e. The van der Waals surface area contributed by atoms with Crippen LogP contribution in [0.5, 0.6) is 0 Å². The van der Waals surface area contributed by atoms with Gasteiger partial charge >= 0.3 is 0 Å². The summed E-state index contributed by atoms with van der Waals surface area (Å²) >= 11 is 6.57. The molecule has 1 aromatic heterocycles. The van der Waals surface area contributed by atoms with E-state index < -0.39 is 0 Å². The molecule has 23 heavy (non-hydrogen) atoms. The topological polar surface area (TPSA) is 8.17 Å². The second-order valence-electron chi connectivity index (χ2n) is 7.49. The second-order valence-corrected chi connectivity index (χ2v) is 7.90. The molecule has 124 valence electrons. The van der Waals surface area contributed by atoms with E-state index in [9.17, 15) is 0 Å². The highest BCUT2D eigenvalue weighted by molar-refractivity contribution is 6.35. The van der Waals surface area contributed by atoms with E-state index in [2.05, 4.69) is 28.6 Å². The van der Waals surface area contributed by atoms with Crippen LogP contribution in [0.15, 0.2) is 18.2 Å². The standard InChI is InChI=1S/C20H27ClN2/c1-22-12-11-18-16(14-22)20-17(21)8-5-9-19(20)23(18)13-10-15-6-3-2-4-7-15/h5,8-9,15H,2-4,6-7,10-14H2,1H3. The number of rotatable bonds is 3. The summed E-state index contributed by atoms with van der Waals surface area (Å²) in [5.74, 6) is 0.933. The summed E-state index contributed by atoms with van der Waals surface area (Å²) in [5.41, 5.74) is 4.37. The fourth-order valence-electron chi connectivity index (χ4n) is 4.63. The molecule has 1 fully saturated rings. The third kappa shape index (κ3) is 2.92. The summed E-state index contributed by atoms with van der Waals surface area (Å²) in [6.45, 7) is 3.36. The number of hydrogen-bond acceptors (Lipinski definition) is 1. The first-order valence-corrected chi connectivity index (χ1v) is 9.59. The predicted octanol–water partition coefficient (Wildman–Crippen LogP) is 5.25. The SMILES string of the molecule is CN1CCc2c(c3c(Cl)cccc3n2CCC2CCCCC2)C1. The van der Waals surface area contributed by atoms with Crippen molar-refractivity contribution in [2.75, 3.05) is 13.6 Å². The van der Waals surface area contributed by atoms with Crippen LogP contribution < -0.4 is 0 Å². The minimum Gasteiger partial charge on any atom is -0.344 e. The van der Waals surface area contributed by atoms with E-state index >= 15 is 0 Å². The lowest BCUT2D eigenvalue weighted by Gasteiger charge is -2.26. The number of likely N-dealkylation sites (N-methyl/N-ethyl adjacent to an activating group) is 1. The largest absolute Gasteiger partial charge is 0.344 e. The monoisotopic (exact) mass is 330 g/mol. The summed E-state index contributed by atoms with van der Waals surface area (Å²) in [5, 5.41) is 2.23. The van der Waals surface area contributed by atoms with Gasteiger partial charge < -0.3 is 9.47 Å². The van der Waals surface area contributed by atoms with E-state index in [1.165, 1.54) is 61.5 Å². The molecule has 0 atom stereocenters. The van der Waals surface area contributed by atoms with E-state index in [0.29, 0.717) is 0 Å². The highest BCUT2D eigenvalue weighted by Gasteiger charge is 2.24. The Labute approximate surface area is 144 Å². The molecule has 2 aliphatic rings. The van der Waals surface area contributed by atoms with Crippen molar-refractivity contribution in [2.45, 2.75) is 58.0 Å². The summed E-state index contributed by atoms with van der Waals surface area (Å²) in [7, 11) is 2.21. The van der Waals surface area contributed by atoms with Crippen LogP contribution in [0.2, 0.25) is 5.02 Å². The molecule has 0 saturated heterocycles. The Bertz CT molecular complexity index is 697. The number of aryl methyl sites for hydroxylation is 1.